The summed E-state index contributed by atoms with van der Waals surface area (Å²) in [4.78, 5) is 12.0. The molecule has 0 aromatic rings. The molecule has 148 valence electrons. The number of hydrogen-bond acceptors (Lipinski definition) is 1. The highest BCUT2D eigenvalue weighted by molar-refractivity contribution is 5.78. The predicted octanol–water partition coefficient (Wildman–Crippen LogP) is 7.16. The summed E-state index contributed by atoms with van der Waals surface area (Å²) in [5, 5.41) is 3.16. The largest absolute Gasteiger partial charge is 0.356 e. The van der Waals surface area contributed by atoms with E-state index in [1.807, 2.05) is 0 Å². The summed E-state index contributed by atoms with van der Waals surface area (Å²) in [5.74, 6) is 0.648. The van der Waals surface area contributed by atoms with Gasteiger partial charge in [-0.25, -0.2) is 0 Å². The number of carbonyl (C=O) groups excluding carboxylic acids is 1. The molecule has 1 amide bonds. The molecule has 1 aliphatic rings. The van der Waals surface area contributed by atoms with Gasteiger partial charge in [0.2, 0.25) is 5.91 Å². The Kier molecular flexibility index (Phi) is 15.2. The summed E-state index contributed by atoms with van der Waals surface area (Å²) in [7, 11) is 0. The Bertz CT molecular complexity index is 296. The summed E-state index contributed by atoms with van der Waals surface area (Å²) in [6.45, 7) is 3.18. The van der Waals surface area contributed by atoms with Crippen LogP contribution in [0.5, 0.6) is 0 Å². The molecule has 0 unspecified atom stereocenters. The summed E-state index contributed by atoms with van der Waals surface area (Å²) in [6.07, 6.45) is 25.5. The highest BCUT2D eigenvalue weighted by atomic mass is 16.1. The van der Waals surface area contributed by atoms with Crippen LogP contribution in [-0.2, 0) is 4.79 Å². The van der Waals surface area contributed by atoms with E-state index in [0.717, 1.165) is 25.8 Å². The van der Waals surface area contributed by atoms with Gasteiger partial charge < -0.3 is 5.32 Å². The van der Waals surface area contributed by atoms with Crippen LogP contribution in [0.2, 0.25) is 0 Å². The van der Waals surface area contributed by atoms with Crippen LogP contribution in [0.15, 0.2) is 0 Å². The molecule has 0 aromatic heterocycles. The average molecular weight is 352 g/mol. The fraction of sp³-hybridized carbons (Fsp3) is 0.957. The number of carbonyl (C=O) groups is 1. The van der Waals surface area contributed by atoms with Gasteiger partial charge in [0.15, 0.2) is 0 Å². The number of unbranched alkanes of at least 4 members (excludes halogenated alkanes) is 13. The Hall–Kier alpha value is -0.530. The molecule has 2 heteroatoms. The third kappa shape index (κ3) is 13.3. The van der Waals surface area contributed by atoms with Crippen molar-refractivity contribution in [3.05, 3.63) is 0 Å². The van der Waals surface area contributed by atoms with Gasteiger partial charge in [-0.2, -0.15) is 0 Å². The Morgan fingerprint density at radius 3 is 1.60 bits per heavy atom. The Morgan fingerprint density at radius 1 is 0.680 bits per heavy atom. The van der Waals surface area contributed by atoms with Gasteiger partial charge in [-0.15, -0.1) is 0 Å². The molecule has 0 aliphatic heterocycles. The lowest BCUT2D eigenvalue weighted by molar-refractivity contribution is -0.125. The fourth-order valence-electron chi connectivity index (χ4n) is 4.04. The molecule has 0 bridgehead atoms. The molecule has 0 heterocycles. The lowest BCUT2D eigenvalue weighted by Crippen LogP contribution is -2.32. The summed E-state index contributed by atoms with van der Waals surface area (Å²) >= 11 is 0. The molecule has 0 radical (unpaired) electrons. The third-order valence-electron chi connectivity index (χ3n) is 5.81. The van der Waals surface area contributed by atoms with E-state index in [9.17, 15) is 4.79 Å². The summed E-state index contributed by atoms with van der Waals surface area (Å²) in [6, 6.07) is 0. The number of nitrogens with one attached hydrogen (secondary N) is 1. The van der Waals surface area contributed by atoms with Crippen molar-refractivity contribution in [2.24, 2.45) is 5.92 Å². The van der Waals surface area contributed by atoms with Crippen molar-refractivity contribution in [2.45, 2.75) is 129 Å². The van der Waals surface area contributed by atoms with Gasteiger partial charge in [-0.05, 0) is 19.3 Å². The zero-order valence-corrected chi connectivity index (χ0v) is 17.1. The molecular formula is C23H45NO. The molecule has 1 rings (SSSR count). The van der Waals surface area contributed by atoms with Gasteiger partial charge in [0.1, 0.15) is 0 Å². The van der Waals surface area contributed by atoms with Crippen molar-refractivity contribution < 1.29 is 4.79 Å². The van der Waals surface area contributed by atoms with E-state index in [2.05, 4.69) is 12.2 Å². The Labute approximate surface area is 157 Å². The molecule has 1 aliphatic carbocycles. The zero-order valence-electron chi connectivity index (χ0n) is 17.1. The third-order valence-corrected chi connectivity index (χ3v) is 5.81. The van der Waals surface area contributed by atoms with Crippen molar-refractivity contribution in [3.63, 3.8) is 0 Å². The number of hydrogen-bond donors (Lipinski definition) is 1. The van der Waals surface area contributed by atoms with E-state index in [4.69, 9.17) is 0 Å². The minimum atomic E-state index is 0.320. The summed E-state index contributed by atoms with van der Waals surface area (Å²) < 4.78 is 0. The van der Waals surface area contributed by atoms with Crippen LogP contribution < -0.4 is 5.32 Å². The smallest absolute Gasteiger partial charge is 0.223 e. The topological polar surface area (TPSA) is 29.1 Å². The molecule has 0 atom stereocenters. The highest BCUT2D eigenvalue weighted by Gasteiger charge is 2.20. The van der Waals surface area contributed by atoms with Crippen LogP contribution in [0.1, 0.15) is 129 Å². The van der Waals surface area contributed by atoms with Gasteiger partial charge >= 0.3 is 0 Å². The molecule has 2 nitrogen and oxygen atoms in total. The van der Waals surface area contributed by atoms with Crippen LogP contribution in [0, 0.1) is 5.92 Å². The standard InChI is InChI=1S/C23H45NO/c1-2-3-4-5-6-7-8-9-10-11-12-13-14-18-21-24-23(25)22-19-16-15-17-20-22/h22H,2-21H2,1H3,(H,24,25). The van der Waals surface area contributed by atoms with Gasteiger partial charge in [0.05, 0.1) is 0 Å². The van der Waals surface area contributed by atoms with E-state index in [0.29, 0.717) is 11.8 Å². The van der Waals surface area contributed by atoms with Crippen LogP contribution >= 0.6 is 0 Å². The molecule has 1 N–H and O–H groups in total. The maximum absolute atomic E-state index is 12.0. The van der Waals surface area contributed by atoms with Crippen molar-refractivity contribution in [2.75, 3.05) is 6.54 Å². The van der Waals surface area contributed by atoms with Gasteiger partial charge in [-0.1, -0.05) is 110 Å². The number of rotatable bonds is 16. The van der Waals surface area contributed by atoms with E-state index in [1.54, 1.807) is 0 Å². The maximum Gasteiger partial charge on any atom is 0.223 e. The molecule has 0 saturated heterocycles. The van der Waals surface area contributed by atoms with Crippen molar-refractivity contribution in [1.29, 1.82) is 0 Å². The fourth-order valence-corrected chi connectivity index (χ4v) is 4.04. The molecule has 0 spiro atoms. The first kappa shape index (κ1) is 22.5. The van der Waals surface area contributed by atoms with Gasteiger partial charge in [0.25, 0.3) is 0 Å². The summed E-state index contributed by atoms with van der Waals surface area (Å²) in [5.41, 5.74) is 0. The molecule has 0 aromatic carbocycles. The first-order valence-electron chi connectivity index (χ1n) is 11.6. The van der Waals surface area contributed by atoms with Crippen LogP contribution in [-0.4, -0.2) is 12.5 Å². The SMILES string of the molecule is CCCCCCCCCCCCCCCCNC(=O)C1CCCCC1. The monoisotopic (exact) mass is 351 g/mol. The Balaban J connectivity index is 1.73. The predicted molar refractivity (Wildman–Crippen MR) is 110 cm³/mol. The minimum Gasteiger partial charge on any atom is -0.356 e. The minimum absolute atomic E-state index is 0.320. The van der Waals surface area contributed by atoms with Crippen molar-refractivity contribution in [3.8, 4) is 0 Å². The van der Waals surface area contributed by atoms with Gasteiger partial charge in [-0.3, -0.25) is 4.79 Å². The van der Waals surface area contributed by atoms with E-state index in [-0.39, 0.29) is 0 Å². The lowest BCUT2D eigenvalue weighted by atomic mass is 9.88. The van der Waals surface area contributed by atoms with Crippen LogP contribution in [0.3, 0.4) is 0 Å². The normalized spacial score (nSPS) is 15.4. The lowest BCUT2D eigenvalue weighted by Gasteiger charge is -2.20. The molecule has 1 fully saturated rings. The average Bonchev–Trinajstić information content (AvgIpc) is 2.65. The Morgan fingerprint density at radius 2 is 1.12 bits per heavy atom. The van der Waals surface area contributed by atoms with E-state index >= 15 is 0 Å². The molecule has 1 saturated carbocycles. The zero-order chi connectivity index (χ0) is 18.0. The number of amides is 1. The van der Waals surface area contributed by atoms with Crippen molar-refractivity contribution >= 4 is 5.91 Å². The van der Waals surface area contributed by atoms with E-state index in [1.165, 1.54) is 103 Å². The highest BCUT2D eigenvalue weighted by Crippen LogP contribution is 2.23. The quantitative estimate of drug-likeness (QED) is 0.293. The van der Waals surface area contributed by atoms with E-state index < -0.39 is 0 Å². The van der Waals surface area contributed by atoms with Crippen LogP contribution in [0.25, 0.3) is 0 Å². The first-order chi connectivity index (χ1) is 12.3. The van der Waals surface area contributed by atoms with Gasteiger partial charge in [0, 0.05) is 12.5 Å². The second kappa shape index (κ2) is 16.9. The second-order valence-electron chi connectivity index (χ2n) is 8.22. The molecular weight excluding hydrogens is 306 g/mol. The second-order valence-corrected chi connectivity index (χ2v) is 8.22. The molecule has 25 heavy (non-hydrogen) atoms. The van der Waals surface area contributed by atoms with Crippen LogP contribution in [0.4, 0.5) is 0 Å². The first-order valence-corrected chi connectivity index (χ1v) is 11.6. The van der Waals surface area contributed by atoms with Crippen molar-refractivity contribution in [1.82, 2.24) is 5.32 Å². The maximum atomic E-state index is 12.0.